The van der Waals surface area contributed by atoms with Crippen LogP contribution in [0.1, 0.15) is 25.8 Å². The highest BCUT2D eigenvalue weighted by molar-refractivity contribution is 5.97. The first kappa shape index (κ1) is 14.6. The second-order valence-corrected chi connectivity index (χ2v) is 6.00. The third kappa shape index (κ3) is 2.58. The van der Waals surface area contributed by atoms with Gasteiger partial charge in [0.25, 0.3) is 0 Å². The van der Waals surface area contributed by atoms with Crippen molar-refractivity contribution in [1.82, 2.24) is 15.6 Å². The predicted octanol–water partition coefficient (Wildman–Crippen LogP) is 1.74. The van der Waals surface area contributed by atoms with Crippen molar-refractivity contribution in [3.8, 4) is 0 Å². The Morgan fingerprint density at radius 3 is 2.68 bits per heavy atom. The molecular weight excluding hydrogens is 278 g/mol. The molecule has 3 N–H and O–H groups in total. The molecule has 1 aliphatic rings. The summed E-state index contributed by atoms with van der Waals surface area (Å²) in [6, 6.07) is 7.03. The predicted molar refractivity (Wildman–Crippen MR) is 85.3 cm³/mol. The number of fused-ring (bicyclic) bond motifs is 1. The van der Waals surface area contributed by atoms with Crippen LogP contribution in [-0.4, -0.2) is 28.9 Å². The van der Waals surface area contributed by atoms with E-state index in [0.717, 1.165) is 22.9 Å². The van der Waals surface area contributed by atoms with Crippen LogP contribution in [0.3, 0.4) is 0 Å². The number of H-pyrrole nitrogens is 1. The summed E-state index contributed by atoms with van der Waals surface area (Å²) in [6.07, 6.45) is 3.26. The highest BCUT2D eigenvalue weighted by Crippen LogP contribution is 2.20. The first-order valence-electron chi connectivity index (χ1n) is 7.76. The summed E-state index contributed by atoms with van der Waals surface area (Å²) in [5, 5.41) is 6.83. The highest BCUT2D eigenvalue weighted by Gasteiger charge is 2.36. The average Bonchev–Trinajstić information content (AvgIpc) is 2.93. The number of amides is 2. The number of hydrogen-bond donors (Lipinski definition) is 3. The Kier molecular flexibility index (Phi) is 3.88. The van der Waals surface area contributed by atoms with Crippen molar-refractivity contribution < 1.29 is 9.59 Å². The first-order valence-corrected chi connectivity index (χ1v) is 7.76. The molecule has 1 saturated heterocycles. The zero-order chi connectivity index (χ0) is 15.7. The summed E-state index contributed by atoms with van der Waals surface area (Å²) >= 11 is 0. The lowest BCUT2D eigenvalue weighted by Crippen LogP contribution is -2.63. The van der Waals surface area contributed by atoms with Gasteiger partial charge in [0, 0.05) is 23.5 Å². The van der Waals surface area contributed by atoms with Gasteiger partial charge in [0.2, 0.25) is 11.8 Å². The molecule has 5 nitrogen and oxygen atoms in total. The van der Waals surface area contributed by atoms with E-state index in [2.05, 4.69) is 15.6 Å². The fourth-order valence-corrected chi connectivity index (χ4v) is 2.95. The van der Waals surface area contributed by atoms with Gasteiger partial charge in [-0.25, -0.2) is 0 Å². The van der Waals surface area contributed by atoms with E-state index in [9.17, 15) is 9.59 Å². The van der Waals surface area contributed by atoms with Crippen molar-refractivity contribution in [3.63, 3.8) is 0 Å². The second kappa shape index (κ2) is 5.83. The smallest absolute Gasteiger partial charge is 0.243 e. The van der Waals surface area contributed by atoms with Crippen LogP contribution in [0.15, 0.2) is 30.5 Å². The van der Waals surface area contributed by atoms with Crippen molar-refractivity contribution in [2.24, 2.45) is 5.92 Å². The van der Waals surface area contributed by atoms with Crippen molar-refractivity contribution in [2.45, 2.75) is 38.8 Å². The third-order valence-corrected chi connectivity index (χ3v) is 4.53. The van der Waals surface area contributed by atoms with Crippen LogP contribution < -0.4 is 10.6 Å². The molecule has 1 aromatic carbocycles. The number of aromatic nitrogens is 1. The molecule has 2 amide bonds. The highest BCUT2D eigenvalue weighted by atomic mass is 16.2. The summed E-state index contributed by atoms with van der Waals surface area (Å²) in [5.74, 6) is -0.0491. The molecule has 2 aromatic rings. The third-order valence-electron chi connectivity index (χ3n) is 4.53. The molecule has 2 heterocycles. The number of carbonyl (C=O) groups is 2. The first-order chi connectivity index (χ1) is 10.6. The molecule has 1 unspecified atom stereocenters. The number of carbonyl (C=O) groups excluding carboxylic acids is 2. The van der Waals surface area contributed by atoms with Crippen molar-refractivity contribution in [2.75, 3.05) is 0 Å². The van der Waals surface area contributed by atoms with Crippen LogP contribution in [0.2, 0.25) is 0 Å². The molecule has 0 bridgehead atoms. The van der Waals surface area contributed by atoms with E-state index in [1.807, 2.05) is 44.3 Å². The van der Waals surface area contributed by atoms with Gasteiger partial charge in [-0.15, -0.1) is 0 Å². The molecule has 1 fully saturated rings. The lowest BCUT2D eigenvalue weighted by molar-refractivity contribution is -0.138. The number of para-hydroxylation sites is 1. The van der Waals surface area contributed by atoms with Crippen LogP contribution in [0.5, 0.6) is 0 Å². The molecule has 3 atom stereocenters. The van der Waals surface area contributed by atoms with E-state index in [1.165, 1.54) is 0 Å². The van der Waals surface area contributed by atoms with Crippen LogP contribution >= 0.6 is 0 Å². The summed E-state index contributed by atoms with van der Waals surface area (Å²) in [7, 11) is 0. The van der Waals surface area contributed by atoms with Crippen molar-refractivity contribution in [3.05, 3.63) is 36.0 Å². The van der Waals surface area contributed by atoms with Crippen LogP contribution in [-0.2, 0) is 16.0 Å². The van der Waals surface area contributed by atoms with Gasteiger partial charge in [-0.3, -0.25) is 9.59 Å². The molecule has 0 saturated carbocycles. The van der Waals surface area contributed by atoms with Crippen molar-refractivity contribution in [1.29, 1.82) is 0 Å². The summed E-state index contributed by atoms with van der Waals surface area (Å²) in [4.78, 5) is 27.7. The quantitative estimate of drug-likeness (QED) is 0.804. The molecule has 116 valence electrons. The number of hydrogen-bond acceptors (Lipinski definition) is 2. The van der Waals surface area contributed by atoms with Gasteiger partial charge in [0.15, 0.2) is 0 Å². The number of rotatable bonds is 4. The van der Waals surface area contributed by atoms with Gasteiger partial charge in [0.1, 0.15) is 12.1 Å². The summed E-state index contributed by atoms with van der Waals surface area (Å²) < 4.78 is 0. The van der Waals surface area contributed by atoms with Gasteiger partial charge >= 0.3 is 0 Å². The normalized spacial score (nSPS) is 23.2. The SMILES string of the molecule is CC[C@H](C)[C@H]1NC(=O)C(Cc2c[nH]c3ccccc23)NC1=O. The van der Waals surface area contributed by atoms with E-state index in [1.54, 1.807) is 0 Å². The minimum atomic E-state index is -0.507. The zero-order valence-corrected chi connectivity index (χ0v) is 12.8. The Bertz CT molecular complexity index is 707. The molecule has 0 radical (unpaired) electrons. The number of piperazine rings is 1. The summed E-state index contributed by atoms with van der Waals surface area (Å²) in [5.41, 5.74) is 2.08. The lowest BCUT2D eigenvalue weighted by Gasteiger charge is -2.32. The Labute approximate surface area is 129 Å². The van der Waals surface area contributed by atoms with Gasteiger partial charge in [0.05, 0.1) is 0 Å². The average molecular weight is 299 g/mol. The number of benzene rings is 1. The molecule has 3 rings (SSSR count). The van der Waals surface area contributed by atoms with E-state index in [0.29, 0.717) is 6.42 Å². The molecule has 1 aromatic heterocycles. The Morgan fingerprint density at radius 2 is 1.91 bits per heavy atom. The maximum atomic E-state index is 12.3. The van der Waals surface area contributed by atoms with Gasteiger partial charge < -0.3 is 15.6 Å². The van der Waals surface area contributed by atoms with Gasteiger partial charge in [-0.1, -0.05) is 38.5 Å². The molecule has 0 aliphatic carbocycles. The van der Waals surface area contributed by atoms with Crippen LogP contribution in [0.25, 0.3) is 10.9 Å². The van der Waals surface area contributed by atoms with Gasteiger partial charge in [-0.05, 0) is 17.5 Å². The Hall–Kier alpha value is -2.30. The van der Waals surface area contributed by atoms with Crippen LogP contribution in [0.4, 0.5) is 0 Å². The fraction of sp³-hybridized carbons (Fsp3) is 0.412. The second-order valence-electron chi connectivity index (χ2n) is 6.00. The fourth-order valence-electron chi connectivity index (χ4n) is 2.95. The maximum Gasteiger partial charge on any atom is 0.243 e. The lowest BCUT2D eigenvalue weighted by atomic mass is 9.94. The van der Waals surface area contributed by atoms with E-state index >= 15 is 0 Å². The molecule has 1 aliphatic heterocycles. The Morgan fingerprint density at radius 1 is 1.14 bits per heavy atom. The topological polar surface area (TPSA) is 74.0 Å². The number of nitrogens with one attached hydrogen (secondary N) is 3. The largest absolute Gasteiger partial charge is 0.361 e. The maximum absolute atomic E-state index is 12.3. The van der Waals surface area contributed by atoms with Gasteiger partial charge in [-0.2, -0.15) is 0 Å². The summed E-state index contributed by atoms with van der Waals surface area (Å²) in [6.45, 7) is 3.99. The Balaban J connectivity index is 1.76. The molecule has 5 heteroatoms. The van der Waals surface area contributed by atoms with Crippen molar-refractivity contribution >= 4 is 22.7 Å². The van der Waals surface area contributed by atoms with E-state index < -0.39 is 12.1 Å². The minimum absolute atomic E-state index is 0.0845. The monoisotopic (exact) mass is 299 g/mol. The standard InChI is InChI=1S/C17H21N3O2/c1-3-10(2)15-17(22)19-14(16(21)20-15)8-11-9-18-13-7-5-4-6-12(11)13/h4-7,9-10,14-15,18H,3,8H2,1-2H3,(H,19,22)(H,20,21)/t10-,14?,15+/m0/s1. The molecule has 22 heavy (non-hydrogen) atoms. The van der Waals surface area contributed by atoms with E-state index in [4.69, 9.17) is 0 Å². The van der Waals surface area contributed by atoms with Crippen LogP contribution in [0, 0.1) is 5.92 Å². The minimum Gasteiger partial charge on any atom is -0.361 e. The molecule has 0 spiro atoms. The number of aromatic amines is 1. The molecular formula is C17H21N3O2. The van der Waals surface area contributed by atoms with E-state index in [-0.39, 0.29) is 17.7 Å². The zero-order valence-electron chi connectivity index (χ0n) is 12.8.